The van der Waals surface area contributed by atoms with E-state index in [1.54, 1.807) is 6.07 Å². The maximum Gasteiger partial charge on any atom is 0.433 e. The third-order valence-electron chi connectivity index (χ3n) is 3.93. The minimum absolute atomic E-state index is 0.0464. The number of hydrogen-bond acceptors (Lipinski definition) is 4. The molecular weight excluding hydrogens is 271 g/mol. The Morgan fingerprint density at radius 1 is 1.30 bits per heavy atom. The maximum absolute atomic E-state index is 12.7. The second-order valence-corrected chi connectivity index (χ2v) is 5.24. The number of pyridine rings is 1. The second kappa shape index (κ2) is 4.89. The largest absolute Gasteiger partial charge is 0.433 e. The molecule has 2 fully saturated rings. The number of anilines is 1. The Balaban J connectivity index is 1.81. The van der Waals surface area contributed by atoms with Crippen molar-refractivity contribution in [2.45, 2.75) is 18.3 Å². The molecule has 2 saturated heterocycles. The highest BCUT2D eigenvalue weighted by molar-refractivity contribution is 5.42. The summed E-state index contributed by atoms with van der Waals surface area (Å²) in [5, 5.41) is 0. The first-order valence-electron chi connectivity index (χ1n) is 6.56. The molecule has 0 spiro atoms. The van der Waals surface area contributed by atoms with Gasteiger partial charge in [-0.15, -0.1) is 0 Å². The number of nitrogens with zero attached hydrogens (tertiary/aromatic N) is 3. The smallest absolute Gasteiger partial charge is 0.373 e. The van der Waals surface area contributed by atoms with E-state index in [9.17, 15) is 13.2 Å². The summed E-state index contributed by atoms with van der Waals surface area (Å²) < 4.78 is 43.8. The fourth-order valence-electron chi connectivity index (χ4n) is 2.80. The van der Waals surface area contributed by atoms with E-state index in [4.69, 9.17) is 4.74 Å². The fourth-order valence-corrected chi connectivity index (χ4v) is 2.80. The standard InChI is InChI=1S/C13H16F3N3O/c1-18-5-6-20-10-8-19(7-9(10)18)12-4-2-3-11(17-12)13(14,15)16/h2-4,9-10H,5-8H2,1H3. The Hall–Kier alpha value is -1.34. The zero-order chi connectivity index (χ0) is 14.3. The molecule has 20 heavy (non-hydrogen) atoms. The number of hydrogen-bond donors (Lipinski definition) is 0. The average Bonchev–Trinajstić information content (AvgIpc) is 2.83. The lowest BCUT2D eigenvalue weighted by atomic mass is 10.1. The molecule has 2 atom stereocenters. The molecule has 0 N–H and O–H groups in total. The molecular formula is C13H16F3N3O. The monoisotopic (exact) mass is 287 g/mol. The second-order valence-electron chi connectivity index (χ2n) is 5.24. The van der Waals surface area contributed by atoms with Gasteiger partial charge in [-0.05, 0) is 19.2 Å². The Morgan fingerprint density at radius 2 is 2.10 bits per heavy atom. The Labute approximate surface area is 115 Å². The van der Waals surface area contributed by atoms with Gasteiger partial charge in [0, 0.05) is 19.6 Å². The van der Waals surface area contributed by atoms with Crippen LogP contribution in [0.5, 0.6) is 0 Å². The number of ether oxygens (including phenoxy) is 1. The SMILES string of the molecule is CN1CCOC2CN(c3cccc(C(F)(F)F)n3)CC21. The lowest BCUT2D eigenvalue weighted by Gasteiger charge is -2.33. The number of aromatic nitrogens is 1. The fraction of sp³-hybridized carbons (Fsp3) is 0.615. The molecule has 2 aliphatic rings. The minimum atomic E-state index is -4.41. The van der Waals surface area contributed by atoms with Crippen LogP contribution in [0.15, 0.2) is 18.2 Å². The van der Waals surface area contributed by atoms with Crippen LogP contribution in [0.2, 0.25) is 0 Å². The van der Waals surface area contributed by atoms with Crippen LogP contribution < -0.4 is 4.90 Å². The van der Waals surface area contributed by atoms with Crippen LogP contribution in [0.1, 0.15) is 5.69 Å². The van der Waals surface area contributed by atoms with Crippen molar-refractivity contribution in [2.75, 3.05) is 38.2 Å². The van der Waals surface area contributed by atoms with Gasteiger partial charge in [-0.2, -0.15) is 13.2 Å². The van der Waals surface area contributed by atoms with E-state index in [1.807, 2.05) is 11.9 Å². The molecule has 0 bridgehead atoms. The van der Waals surface area contributed by atoms with Gasteiger partial charge in [-0.3, -0.25) is 4.90 Å². The molecule has 2 aliphatic heterocycles. The third kappa shape index (κ3) is 2.47. The first kappa shape index (κ1) is 13.6. The van der Waals surface area contributed by atoms with Crippen molar-refractivity contribution >= 4 is 5.82 Å². The van der Waals surface area contributed by atoms with Crippen molar-refractivity contribution in [1.82, 2.24) is 9.88 Å². The van der Waals surface area contributed by atoms with Gasteiger partial charge in [-0.1, -0.05) is 6.07 Å². The van der Waals surface area contributed by atoms with Crippen LogP contribution in [0.3, 0.4) is 0 Å². The van der Waals surface area contributed by atoms with Crippen molar-refractivity contribution in [3.63, 3.8) is 0 Å². The number of halogens is 3. The summed E-state index contributed by atoms with van der Waals surface area (Å²) in [5.41, 5.74) is -0.848. The van der Waals surface area contributed by atoms with Gasteiger partial charge in [-0.25, -0.2) is 4.98 Å². The summed E-state index contributed by atoms with van der Waals surface area (Å²) in [7, 11) is 2.02. The average molecular weight is 287 g/mol. The van der Waals surface area contributed by atoms with E-state index in [2.05, 4.69) is 9.88 Å². The van der Waals surface area contributed by atoms with Crippen LogP contribution >= 0.6 is 0 Å². The first-order chi connectivity index (χ1) is 9.45. The molecule has 1 aromatic heterocycles. The number of morpholine rings is 1. The Kier molecular flexibility index (Phi) is 3.33. The summed E-state index contributed by atoms with van der Waals surface area (Å²) in [4.78, 5) is 7.80. The summed E-state index contributed by atoms with van der Waals surface area (Å²) in [6.45, 7) is 2.76. The molecule has 3 rings (SSSR count). The number of fused-ring (bicyclic) bond motifs is 1. The minimum Gasteiger partial charge on any atom is -0.373 e. The zero-order valence-electron chi connectivity index (χ0n) is 11.1. The van der Waals surface area contributed by atoms with Crippen molar-refractivity contribution in [2.24, 2.45) is 0 Å². The van der Waals surface area contributed by atoms with E-state index >= 15 is 0 Å². The predicted octanol–water partition coefficient (Wildman–Crippen LogP) is 1.62. The highest BCUT2D eigenvalue weighted by Gasteiger charge is 2.40. The van der Waals surface area contributed by atoms with E-state index in [-0.39, 0.29) is 12.1 Å². The lowest BCUT2D eigenvalue weighted by Crippen LogP contribution is -2.48. The molecule has 4 nitrogen and oxygen atoms in total. The lowest BCUT2D eigenvalue weighted by molar-refractivity contribution is -0.141. The van der Waals surface area contributed by atoms with Gasteiger partial charge in [0.2, 0.25) is 0 Å². The predicted molar refractivity (Wildman–Crippen MR) is 67.6 cm³/mol. The zero-order valence-corrected chi connectivity index (χ0v) is 11.1. The summed E-state index contributed by atoms with van der Waals surface area (Å²) in [5.74, 6) is 0.367. The van der Waals surface area contributed by atoms with Crippen LogP contribution in [0.25, 0.3) is 0 Å². The summed E-state index contributed by atoms with van der Waals surface area (Å²) >= 11 is 0. The Morgan fingerprint density at radius 3 is 2.80 bits per heavy atom. The van der Waals surface area contributed by atoms with Crippen molar-refractivity contribution in [1.29, 1.82) is 0 Å². The molecule has 0 saturated carbocycles. The van der Waals surface area contributed by atoms with E-state index < -0.39 is 11.9 Å². The number of rotatable bonds is 1. The summed E-state index contributed by atoms with van der Waals surface area (Å²) in [6.07, 6.45) is -4.36. The van der Waals surface area contributed by atoms with Crippen LogP contribution in [-0.2, 0) is 10.9 Å². The van der Waals surface area contributed by atoms with Gasteiger partial charge in [0.15, 0.2) is 0 Å². The molecule has 3 heterocycles. The van der Waals surface area contributed by atoms with Crippen molar-refractivity contribution in [3.8, 4) is 0 Å². The number of likely N-dealkylation sites (N-methyl/N-ethyl adjacent to an activating group) is 1. The highest BCUT2D eigenvalue weighted by atomic mass is 19.4. The molecule has 0 aromatic carbocycles. The van der Waals surface area contributed by atoms with E-state index in [0.29, 0.717) is 25.5 Å². The molecule has 2 unspecified atom stereocenters. The quantitative estimate of drug-likeness (QED) is 0.785. The van der Waals surface area contributed by atoms with Crippen LogP contribution in [-0.4, -0.2) is 55.3 Å². The van der Waals surface area contributed by atoms with E-state index in [0.717, 1.165) is 12.6 Å². The number of alkyl halides is 3. The molecule has 110 valence electrons. The molecule has 0 aliphatic carbocycles. The summed E-state index contributed by atoms with van der Waals surface area (Å²) in [6, 6.07) is 4.24. The van der Waals surface area contributed by atoms with Crippen LogP contribution in [0.4, 0.5) is 19.0 Å². The van der Waals surface area contributed by atoms with Crippen molar-refractivity contribution < 1.29 is 17.9 Å². The topological polar surface area (TPSA) is 28.6 Å². The highest BCUT2D eigenvalue weighted by Crippen LogP contribution is 2.31. The van der Waals surface area contributed by atoms with Gasteiger partial charge >= 0.3 is 6.18 Å². The van der Waals surface area contributed by atoms with Crippen LogP contribution in [0, 0.1) is 0 Å². The van der Waals surface area contributed by atoms with Gasteiger partial charge in [0.1, 0.15) is 11.5 Å². The van der Waals surface area contributed by atoms with Crippen molar-refractivity contribution in [3.05, 3.63) is 23.9 Å². The normalized spacial score (nSPS) is 27.7. The molecule has 7 heteroatoms. The first-order valence-corrected chi connectivity index (χ1v) is 6.56. The van der Waals surface area contributed by atoms with Gasteiger partial charge < -0.3 is 9.64 Å². The maximum atomic E-state index is 12.7. The third-order valence-corrected chi connectivity index (χ3v) is 3.93. The molecule has 0 radical (unpaired) electrons. The Bertz CT molecular complexity index is 494. The van der Waals surface area contributed by atoms with Gasteiger partial charge in [0.05, 0.1) is 18.8 Å². The van der Waals surface area contributed by atoms with E-state index in [1.165, 1.54) is 6.07 Å². The molecule has 1 aromatic rings. The molecule has 0 amide bonds. The van der Waals surface area contributed by atoms with Gasteiger partial charge in [0.25, 0.3) is 0 Å².